The van der Waals surface area contributed by atoms with Gasteiger partial charge in [0.1, 0.15) is 5.82 Å². The van der Waals surface area contributed by atoms with Gasteiger partial charge < -0.3 is 15.3 Å². The summed E-state index contributed by atoms with van der Waals surface area (Å²) in [5, 5.41) is 11.9. The van der Waals surface area contributed by atoms with Crippen LogP contribution < -0.4 is 5.32 Å². The molecule has 1 rings (SSSR count). The molecule has 118 valence electrons. The van der Waals surface area contributed by atoms with Gasteiger partial charge in [-0.25, -0.2) is 9.18 Å². The standard InChI is InChI=1S/C16H25FN2O2/c1-4-5-8-19(9-10-20)16(21)18-13(3)14-7-6-12(2)15(17)11-14/h6-7,11,13,20H,4-5,8-10H2,1-3H3,(H,18,21). The molecule has 2 amide bonds. The normalized spacial score (nSPS) is 12.0. The third-order valence-corrected chi connectivity index (χ3v) is 3.47. The summed E-state index contributed by atoms with van der Waals surface area (Å²) in [6, 6.07) is 4.45. The predicted molar refractivity (Wildman–Crippen MR) is 81.7 cm³/mol. The zero-order chi connectivity index (χ0) is 15.8. The van der Waals surface area contributed by atoms with Gasteiger partial charge in [0.2, 0.25) is 0 Å². The Balaban J connectivity index is 2.67. The molecule has 0 fully saturated rings. The van der Waals surface area contributed by atoms with Crippen LogP contribution in [0.3, 0.4) is 0 Å². The molecule has 0 saturated carbocycles. The number of aliphatic hydroxyl groups is 1. The molecule has 1 unspecified atom stereocenters. The molecular weight excluding hydrogens is 271 g/mol. The Bertz CT molecular complexity index is 466. The lowest BCUT2D eigenvalue weighted by Gasteiger charge is -2.24. The Morgan fingerprint density at radius 3 is 2.71 bits per heavy atom. The van der Waals surface area contributed by atoms with E-state index in [2.05, 4.69) is 5.32 Å². The minimum absolute atomic E-state index is 0.0648. The molecule has 4 nitrogen and oxygen atoms in total. The number of rotatable bonds is 7. The number of carbonyl (C=O) groups excluding carboxylic acids is 1. The Morgan fingerprint density at radius 1 is 1.43 bits per heavy atom. The first kappa shape index (κ1) is 17.4. The van der Waals surface area contributed by atoms with E-state index in [-0.39, 0.29) is 24.5 Å². The number of benzene rings is 1. The fraction of sp³-hybridized carbons (Fsp3) is 0.562. The zero-order valence-electron chi connectivity index (χ0n) is 13.0. The van der Waals surface area contributed by atoms with E-state index < -0.39 is 0 Å². The number of amides is 2. The minimum Gasteiger partial charge on any atom is -0.395 e. The predicted octanol–water partition coefficient (Wildman–Crippen LogP) is 3.00. The van der Waals surface area contributed by atoms with Crippen molar-refractivity contribution in [2.24, 2.45) is 0 Å². The van der Waals surface area contributed by atoms with Crippen molar-refractivity contribution in [2.75, 3.05) is 19.7 Å². The van der Waals surface area contributed by atoms with Gasteiger partial charge in [-0.3, -0.25) is 0 Å². The Hall–Kier alpha value is -1.62. The largest absolute Gasteiger partial charge is 0.395 e. The highest BCUT2D eigenvalue weighted by Gasteiger charge is 2.16. The van der Waals surface area contributed by atoms with Crippen molar-refractivity contribution in [1.82, 2.24) is 10.2 Å². The van der Waals surface area contributed by atoms with Crippen LogP contribution in [0.1, 0.15) is 43.9 Å². The van der Waals surface area contributed by atoms with Crippen LogP contribution in [-0.4, -0.2) is 35.7 Å². The minimum atomic E-state index is -0.282. The van der Waals surface area contributed by atoms with Gasteiger partial charge in [-0.05, 0) is 37.5 Å². The van der Waals surface area contributed by atoms with Gasteiger partial charge in [0.05, 0.1) is 12.6 Å². The lowest BCUT2D eigenvalue weighted by Crippen LogP contribution is -2.43. The van der Waals surface area contributed by atoms with Crippen LogP contribution in [-0.2, 0) is 0 Å². The van der Waals surface area contributed by atoms with Crippen molar-refractivity contribution < 1.29 is 14.3 Å². The van der Waals surface area contributed by atoms with Crippen molar-refractivity contribution in [3.8, 4) is 0 Å². The summed E-state index contributed by atoms with van der Waals surface area (Å²) in [5.74, 6) is -0.271. The number of unbranched alkanes of at least 4 members (excludes halogenated alkanes) is 1. The first-order chi connectivity index (χ1) is 9.99. The van der Waals surface area contributed by atoms with Gasteiger partial charge >= 0.3 is 6.03 Å². The van der Waals surface area contributed by atoms with Crippen LogP contribution in [0.2, 0.25) is 0 Å². The molecule has 0 bridgehead atoms. The van der Waals surface area contributed by atoms with Crippen molar-refractivity contribution in [3.63, 3.8) is 0 Å². The van der Waals surface area contributed by atoms with Crippen LogP contribution in [0.15, 0.2) is 18.2 Å². The van der Waals surface area contributed by atoms with Crippen LogP contribution in [0, 0.1) is 12.7 Å². The zero-order valence-corrected chi connectivity index (χ0v) is 13.0. The van der Waals surface area contributed by atoms with Crippen molar-refractivity contribution in [3.05, 3.63) is 35.1 Å². The van der Waals surface area contributed by atoms with E-state index in [0.717, 1.165) is 18.4 Å². The molecule has 5 heteroatoms. The van der Waals surface area contributed by atoms with Gasteiger partial charge in [-0.2, -0.15) is 0 Å². The molecule has 1 aromatic rings. The van der Waals surface area contributed by atoms with Crippen LogP contribution in [0.5, 0.6) is 0 Å². The summed E-state index contributed by atoms with van der Waals surface area (Å²) in [7, 11) is 0. The third kappa shape index (κ3) is 5.34. The van der Waals surface area contributed by atoms with E-state index in [1.54, 1.807) is 17.9 Å². The second-order valence-electron chi connectivity index (χ2n) is 5.24. The second-order valence-corrected chi connectivity index (χ2v) is 5.24. The molecule has 0 aliphatic rings. The molecular formula is C16H25FN2O2. The highest BCUT2D eigenvalue weighted by atomic mass is 19.1. The van der Waals surface area contributed by atoms with E-state index in [1.807, 2.05) is 19.9 Å². The highest BCUT2D eigenvalue weighted by molar-refractivity contribution is 5.74. The van der Waals surface area contributed by atoms with Crippen LogP contribution >= 0.6 is 0 Å². The fourth-order valence-electron chi connectivity index (χ4n) is 2.02. The fourth-order valence-corrected chi connectivity index (χ4v) is 2.02. The number of urea groups is 1. The molecule has 0 heterocycles. The maximum atomic E-state index is 13.6. The van der Waals surface area contributed by atoms with E-state index in [4.69, 9.17) is 5.11 Å². The van der Waals surface area contributed by atoms with Crippen molar-refractivity contribution in [2.45, 2.75) is 39.7 Å². The summed E-state index contributed by atoms with van der Waals surface area (Å²) < 4.78 is 13.6. The molecule has 0 aromatic heterocycles. The van der Waals surface area contributed by atoms with Gasteiger partial charge in [0, 0.05) is 13.1 Å². The van der Waals surface area contributed by atoms with Gasteiger partial charge in [0.15, 0.2) is 0 Å². The Kier molecular flexibility index (Phi) is 7.15. The molecule has 0 radical (unpaired) electrons. The monoisotopic (exact) mass is 296 g/mol. The van der Waals surface area contributed by atoms with Crippen molar-refractivity contribution >= 4 is 6.03 Å². The number of nitrogens with zero attached hydrogens (tertiary/aromatic N) is 1. The van der Waals surface area contributed by atoms with Crippen LogP contribution in [0.25, 0.3) is 0 Å². The molecule has 0 aliphatic heterocycles. The number of nitrogens with one attached hydrogen (secondary N) is 1. The average molecular weight is 296 g/mol. The molecule has 21 heavy (non-hydrogen) atoms. The number of aliphatic hydroxyl groups excluding tert-OH is 1. The maximum Gasteiger partial charge on any atom is 0.317 e. The molecule has 0 saturated heterocycles. The van der Waals surface area contributed by atoms with Crippen molar-refractivity contribution in [1.29, 1.82) is 0 Å². The maximum absolute atomic E-state index is 13.6. The molecule has 2 N–H and O–H groups in total. The van der Waals surface area contributed by atoms with E-state index >= 15 is 0 Å². The topological polar surface area (TPSA) is 52.6 Å². The van der Waals surface area contributed by atoms with E-state index in [0.29, 0.717) is 18.7 Å². The van der Waals surface area contributed by atoms with Crippen LogP contribution in [0.4, 0.5) is 9.18 Å². The summed E-state index contributed by atoms with van der Waals surface area (Å²) >= 11 is 0. The number of carbonyl (C=O) groups is 1. The first-order valence-corrected chi connectivity index (χ1v) is 7.42. The third-order valence-electron chi connectivity index (χ3n) is 3.47. The average Bonchev–Trinajstić information content (AvgIpc) is 2.46. The number of aryl methyl sites for hydroxylation is 1. The molecule has 0 aliphatic carbocycles. The lowest BCUT2D eigenvalue weighted by atomic mass is 10.1. The summed E-state index contributed by atoms with van der Waals surface area (Å²) in [6.45, 7) is 6.42. The number of hydrogen-bond acceptors (Lipinski definition) is 2. The van der Waals surface area contributed by atoms with E-state index in [1.165, 1.54) is 6.07 Å². The first-order valence-electron chi connectivity index (χ1n) is 7.42. The van der Waals surface area contributed by atoms with E-state index in [9.17, 15) is 9.18 Å². The molecule has 1 atom stereocenters. The van der Waals surface area contributed by atoms with Gasteiger partial charge in [-0.15, -0.1) is 0 Å². The lowest BCUT2D eigenvalue weighted by molar-refractivity contribution is 0.173. The van der Waals surface area contributed by atoms with Gasteiger partial charge in [0.25, 0.3) is 0 Å². The number of hydrogen-bond donors (Lipinski definition) is 2. The summed E-state index contributed by atoms with van der Waals surface area (Å²) in [4.78, 5) is 13.8. The molecule has 1 aromatic carbocycles. The molecule has 0 spiro atoms. The van der Waals surface area contributed by atoms with Gasteiger partial charge in [-0.1, -0.05) is 25.5 Å². The highest BCUT2D eigenvalue weighted by Crippen LogP contribution is 2.16. The Morgan fingerprint density at radius 2 is 2.14 bits per heavy atom. The quantitative estimate of drug-likeness (QED) is 0.812. The Labute approximate surface area is 126 Å². The summed E-state index contributed by atoms with van der Waals surface area (Å²) in [5.41, 5.74) is 1.31. The summed E-state index contributed by atoms with van der Waals surface area (Å²) in [6.07, 6.45) is 1.87. The number of halogens is 1. The smallest absolute Gasteiger partial charge is 0.317 e. The SMILES string of the molecule is CCCCN(CCO)C(=O)NC(C)c1ccc(C)c(F)c1. The second kappa shape index (κ2) is 8.62.